The Balaban J connectivity index is 1.81. The Labute approximate surface area is 201 Å². The van der Waals surface area contributed by atoms with Gasteiger partial charge in [0.25, 0.3) is 8.32 Å². The van der Waals surface area contributed by atoms with E-state index in [1.165, 1.54) is 22.5 Å². The van der Waals surface area contributed by atoms with Gasteiger partial charge in [0, 0.05) is 23.3 Å². The van der Waals surface area contributed by atoms with Gasteiger partial charge in [0.2, 0.25) is 0 Å². The highest BCUT2D eigenvalue weighted by Gasteiger charge is 2.47. The minimum atomic E-state index is -1.99. The lowest BCUT2D eigenvalue weighted by Gasteiger charge is -2.42. The van der Waals surface area contributed by atoms with Crippen LogP contribution in [0.15, 0.2) is 42.7 Å². The summed E-state index contributed by atoms with van der Waals surface area (Å²) in [5.74, 6) is 1.92. The van der Waals surface area contributed by atoms with Crippen molar-refractivity contribution in [1.82, 2.24) is 14.5 Å². The van der Waals surface area contributed by atoms with Crippen LogP contribution in [0.2, 0.25) is 16.6 Å². The smallest absolute Gasteiger partial charge is 0.258 e. The van der Waals surface area contributed by atoms with Crippen LogP contribution in [0.3, 0.4) is 0 Å². The Morgan fingerprint density at radius 1 is 0.818 bits per heavy atom. The molecule has 33 heavy (non-hydrogen) atoms. The highest BCUT2D eigenvalue weighted by atomic mass is 28.4. The first kappa shape index (κ1) is 25.2. The molecule has 3 aromatic rings. The van der Waals surface area contributed by atoms with Crippen molar-refractivity contribution in [3.63, 3.8) is 0 Å². The van der Waals surface area contributed by atoms with E-state index >= 15 is 0 Å². The molecule has 4 nitrogen and oxygen atoms in total. The number of hydrogen-bond acceptors (Lipinski definition) is 3. The monoisotopic (exact) mass is 463 g/mol. The predicted molar refractivity (Wildman–Crippen MR) is 141 cm³/mol. The van der Waals surface area contributed by atoms with E-state index in [0.717, 1.165) is 30.1 Å². The molecule has 0 spiro atoms. The standard InChI is InChI=1S/C28H41N3OSi/c1-19(2)33(20(3)4,21(5)6)32-27-16-25(17-29-18-27)12-13-26-14-22(7)15-28(30-26)31-23(8)10-11-24(31)9/h10-11,14-21H,12-13H2,1-9H3. The Kier molecular flexibility index (Phi) is 7.83. The second kappa shape index (κ2) is 10.2. The molecule has 0 radical (unpaired) electrons. The van der Waals surface area contributed by atoms with E-state index < -0.39 is 8.32 Å². The molecule has 0 atom stereocenters. The average Bonchev–Trinajstić information content (AvgIpc) is 3.07. The Hall–Kier alpha value is -2.40. The van der Waals surface area contributed by atoms with Crippen molar-refractivity contribution in [2.75, 3.05) is 0 Å². The van der Waals surface area contributed by atoms with E-state index in [1.807, 2.05) is 12.4 Å². The topological polar surface area (TPSA) is 39.9 Å². The van der Waals surface area contributed by atoms with Gasteiger partial charge in [0.1, 0.15) is 11.6 Å². The van der Waals surface area contributed by atoms with Crippen LogP contribution in [0.5, 0.6) is 5.75 Å². The van der Waals surface area contributed by atoms with Crippen molar-refractivity contribution in [2.24, 2.45) is 0 Å². The molecule has 0 N–H and O–H groups in total. The van der Waals surface area contributed by atoms with Crippen LogP contribution < -0.4 is 4.43 Å². The van der Waals surface area contributed by atoms with Gasteiger partial charge in [-0.3, -0.25) is 4.98 Å². The molecule has 3 aromatic heterocycles. The quantitative estimate of drug-likeness (QED) is 0.308. The molecule has 0 unspecified atom stereocenters. The summed E-state index contributed by atoms with van der Waals surface area (Å²) in [4.78, 5) is 9.51. The zero-order valence-electron chi connectivity index (χ0n) is 21.9. The van der Waals surface area contributed by atoms with Gasteiger partial charge in [-0.05, 0) is 91.7 Å². The second-order valence-electron chi connectivity index (χ2n) is 10.4. The molecule has 0 bridgehead atoms. The van der Waals surface area contributed by atoms with E-state index in [0.29, 0.717) is 16.6 Å². The minimum Gasteiger partial charge on any atom is -0.542 e. The van der Waals surface area contributed by atoms with Gasteiger partial charge in [-0.1, -0.05) is 41.5 Å². The largest absolute Gasteiger partial charge is 0.542 e. The van der Waals surface area contributed by atoms with Crippen molar-refractivity contribution in [3.8, 4) is 11.6 Å². The maximum atomic E-state index is 6.85. The number of rotatable bonds is 9. The van der Waals surface area contributed by atoms with Crippen molar-refractivity contribution in [3.05, 3.63) is 70.9 Å². The summed E-state index contributed by atoms with van der Waals surface area (Å²) >= 11 is 0. The highest BCUT2D eigenvalue weighted by Crippen LogP contribution is 2.42. The summed E-state index contributed by atoms with van der Waals surface area (Å²) in [5, 5.41) is 0. The third kappa shape index (κ3) is 5.40. The van der Waals surface area contributed by atoms with E-state index in [1.54, 1.807) is 0 Å². The van der Waals surface area contributed by atoms with E-state index in [9.17, 15) is 0 Å². The highest BCUT2D eigenvalue weighted by molar-refractivity contribution is 6.78. The summed E-state index contributed by atoms with van der Waals surface area (Å²) in [5.41, 5.74) is 7.57. The molecule has 0 aliphatic heterocycles. The summed E-state index contributed by atoms with van der Waals surface area (Å²) in [6.07, 6.45) is 5.62. The lowest BCUT2D eigenvalue weighted by molar-refractivity contribution is 0.477. The molecule has 0 saturated carbocycles. The van der Waals surface area contributed by atoms with Crippen LogP contribution in [0.1, 0.15) is 69.8 Å². The first-order valence-electron chi connectivity index (χ1n) is 12.3. The molecule has 0 saturated heterocycles. The van der Waals surface area contributed by atoms with E-state index in [-0.39, 0.29) is 0 Å². The SMILES string of the molecule is Cc1cc(CCc2cncc(O[Si](C(C)C)(C(C)C)C(C)C)c2)nc(-n2c(C)ccc2C)c1. The Bertz CT molecular complexity index is 1040. The maximum Gasteiger partial charge on any atom is 0.258 e. The van der Waals surface area contributed by atoms with Gasteiger partial charge in [-0.15, -0.1) is 0 Å². The van der Waals surface area contributed by atoms with Crippen LogP contribution in [0.25, 0.3) is 5.82 Å². The van der Waals surface area contributed by atoms with Crippen LogP contribution in [-0.2, 0) is 12.8 Å². The fourth-order valence-electron chi connectivity index (χ4n) is 5.48. The van der Waals surface area contributed by atoms with Crippen LogP contribution in [-0.4, -0.2) is 22.9 Å². The summed E-state index contributed by atoms with van der Waals surface area (Å²) in [6, 6.07) is 10.8. The molecule has 0 aliphatic carbocycles. The van der Waals surface area contributed by atoms with Gasteiger partial charge in [0.15, 0.2) is 0 Å². The molecule has 0 aliphatic rings. The fourth-order valence-corrected chi connectivity index (χ4v) is 10.7. The minimum absolute atomic E-state index is 0.539. The van der Waals surface area contributed by atoms with Crippen molar-refractivity contribution in [2.45, 2.75) is 91.8 Å². The molecule has 0 amide bonds. The summed E-state index contributed by atoms with van der Waals surface area (Å²) < 4.78 is 9.07. The van der Waals surface area contributed by atoms with Gasteiger partial charge >= 0.3 is 0 Å². The van der Waals surface area contributed by atoms with Gasteiger partial charge in [-0.2, -0.15) is 0 Å². The van der Waals surface area contributed by atoms with E-state index in [2.05, 4.69) is 102 Å². The molecule has 3 heterocycles. The van der Waals surface area contributed by atoms with Crippen molar-refractivity contribution < 1.29 is 4.43 Å². The third-order valence-electron chi connectivity index (χ3n) is 6.95. The molecule has 178 valence electrons. The molecule has 3 rings (SSSR count). The number of aryl methyl sites for hydroxylation is 5. The number of nitrogens with zero attached hydrogens (tertiary/aromatic N) is 3. The molecule has 0 aromatic carbocycles. The summed E-state index contributed by atoms with van der Waals surface area (Å²) in [7, 11) is -1.99. The predicted octanol–water partition coefficient (Wildman–Crippen LogP) is 7.53. The molecule has 0 fully saturated rings. The van der Waals surface area contributed by atoms with Gasteiger partial charge < -0.3 is 8.99 Å². The number of pyridine rings is 2. The maximum absolute atomic E-state index is 6.85. The zero-order chi connectivity index (χ0) is 24.3. The van der Waals surface area contributed by atoms with Crippen molar-refractivity contribution in [1.29, 1.82) is 0 Å². The molecular formula is C28H41N3OSi. The second-order valence-corrected chi connectivity index (χ2v) is 15.8. The van der Waals surface area contributed by atoms with Gasteiger partial charge in [-0.25, -0.2) is 4.98 Å². The lowest BCUT2D eigenvalue weighted by atomic mass is 10.1. The molecular weight excluding hydrogens is 422 g/mol. The Morgan fingerprint density at radius 2 is 1.42 bits per heavy atom. The average molecular weight is 464 g/mol. The normalized spacial score (nSPS) is 12.2. The van der Waals surface area contributed by atoms with Crippen LogP contribution in [0, 0.1) is 20.8 Å². The fraction of sp³-hybridized carbons (Fsp3) is 0.500. The Morgan fingerprint density at radius 3 is 2.00 bits per heavy atom. The lowest BCUT2D eigenvalue weighted by Crippen LogP contribution is -2.50. The third-order valence-corrected chi connectivity index (χ3v) is 13.0. The van der Waals surface area contributed by atoms with Crippen LogP contribution >= 0.6 is 0 Å². The van der Waals surface area contributed by atoms with E-state index in [4.69, 9.17) is 9.41 Å². The van der Waals surface area contributed by atoms with Crippen molar-refractivity contribution >= 4 is 8.32 Å². The summed E-state index contributed by atoms with van der Waals surface area (Å²) in [6.45, 7) is 20.3. The first-order chi connectivity index (χ1) is 15.5. The van der Waals surface area contributed by atoms with Crippen LogP contribution in [0.4, 0.5) is 0 Å². The van der Waals surface area contributed by atoms with Gasteiger partial charge in [0.05, 0.1) is 6.20 Å². The molecule has 5 heteroatoms. The first-order valence-corrected chi connectivity index (χ1v) is 14.4. The number of hydrogen-bond donors (Lipinski definition) is 0. The zero-order valence-corrected chi connectivity index (χ0v) is 22.9. The number of aromatic nitrogens is 3.